The number of hydrogen-bond donors (Lipinski definition) is 1. The highest BCUT2D eigenvalue weighted by Crippen LogP contribution is 2.40. The van der Waals surface area contributed by atoms with Gasteiger partial charge >= 0.3 is 12.4 Å². The first-order valence-corrected chi connectivity index (χ1v) is 10.3. The van der Waals surface area contributed by atoms with Crippen LogP contribution in [0.25, 0.3) is 0 Å². The average molecular weight is 550 g/mol. The molecule has 0 fully saturated rings. The predicted molar refractivity (Wildman–Crippen MR) is 100 cm³/mol. The van der Waals surface area contributed by atoms with Crippen LogP contribution in [0.2, 0.25) is 0 Å². The Kier molecular flexibility index (Phi) is 7.88. The molecule has 0 bridgehead atoms. The number of rotatable bonds is 7. The van der Waals surface area contributed by atoms with Gasteiger partial charge in [-0.25, -0.2) is 4.98 Å². The summed E-state index contributed by atoms with van der Waals surface area (Å²) in [6.45, 7) is 0.173. The van der Waals surface area contributed by atoms with Crippen molar-refractivity contribution >= 4 is 33.9 Å². The van der Waals surface area contributed by atoms with Crippen LogP contribution in [0.5, 0.6) is 0 Å². The van der Waals surface area contributed by atoms with Crippen LogP contribution in [0, 0.1) is 17.2 Å². The molecule has 0 amide bonds. The van der Waals surface area contributed by atoms with E-state index in [-0.39, 0.29) is 6.61 Å². The van der Waals surface area contributed by atoms with Crippen molar-refractivity contribution in [2.45, 2.75) is 24.6 Å². The van der Waals surface area contributed by atoms with Crippen LogP contribution in [-0.4, -0.2) is 21.1 Å². The maximum atomic E-state index is 13.0. The van der Waals surface area contributed by atoms with E-state index in [4.69, 9.17) is 4.74 Å². The Balaban J connectivity index is 2.51. The van der Waals surface area contributed by atoms with E-state index < -0.39 is 47.4 Å². The van der Waals surface area contributed by atoms with Crippen molar-refractivity contribution in [1.82, 2.24) is 4.98 Å². The largest absolute Gasteiger partial charge is 0.433 e. The Morgan fingerprint density at radius 2 is 1.76 bits per heavy atom. The van der Waals surface area contributed by atoms with Crippen LogP contribution in [-0.2, 0) is 17.1 Å². The van der Waals surface area contributed by atoms with E-state index in [1.807, 2.05) is 22.6 Å². The molecule has 2 aromatic rings. The highest BCUT2D eigenvalue weighted by Gasteiger charge is 2.41. The van der Waals surface area contributed by atoms with Gasteiger partial charge in [-0.2, -0.15) is 31.6 Å². The number of ether oxygens (including phenoxy) is 1. The molecule has 0 saturated carbocycles. The van der Waals surface area contributed by atoms with E-state index in [1.165, 1.54) is 11.3 Å². The van der Waals surface area contributed by atoms with Gasteiger partial charge in [-0.05, 0) is 29.1 Å². The van der Waals surface area contributed by atoms with Gasteiger partial charge in [-0.1, -0.05) is 28.7 Å². The Bertz CT molecular complexity index is 819. The maximum absolute atomic E-state index is 13.0. The van der Waals surface area contributed by atoms with Crippen LogP contribution < -0.4 is 0 Å². The molecule has 0 spiro atoms. The number of aromatic nitrogens is 1. The number of aliphatic hydroxyl groups excluding tert-OH is 1. The van der Waals surface area contributed by atoms with Crippen molar-refractivity contribution in [1.29, 1.82) is 5.26 Å². The smallest absolute Gasteiger partial charge is 0.387 e. The molecule has 158 valence electrons. The molecule has 1 N–H and O–H groups in total. The van der Waals surface area contributed by atoms with E-state index in [9.17, 15) is 36.7 Å². The highest BCUT2D eigenvalue weighted by atomic mass is 127. The first-order valence-electron chi connectivity index (χ1n) is 7.94. The number of pyridine rings is 1. The third kappa shape index (κ3) is 6.03. The van der Waals surface area contributed by atoms with Crippen LogP contribution in [0.1, 0.15) is 34.0 Å². The van der Waals surface area contributed by atoms with Crippen molar-refractivity contribution in [3.05, 3.63) is 51.5 Å². The second-order valence-electron chi connectivity index (χ2n) is 5.76. The standard InChI is InChI=1S/C17H13F6IN2O2S/c18-16(19,20)12-6-9(7-13(26-12)17(21,22)23)14(27)10(8-25)15(28-4-3-24)11-2-1-5-29-11/h1-2,5-7,10,14-15,27H,3-4H2. The second-order valence-corrected chi connectivity index (χ2v) is 7.82. The van der Waals surface area contributed by atoms with Gasteiger partial charge in [0.15, 0.2) is 0 Å². The number of aliphatic hydroxyl groups is 1. The monoisotopic (exact) mass is 550 g/mol. The molecule has 2 heterocycles. The second kappa shape index (κ2) is 9.59. The van der Waals surface area contributed by atoms with Gasteiger partial charge < -0.3 is 9.84 Å². The summed E-state index contributed by atoms with van der Waals surface area (Å²) in [6.07, 6.45) is -13.3. The summed E-state index contributed by atoms with van der Waals surface area (Å²) in [5.41, 5.74) is -4.33. The molecular formula is C17H13F6IN2O2S. The number of nitrogens with zero attached hydrogens (tertiary/aromatic N) is 2. The molecule has 0 aliphatic carbocycles. The van der Waals surface area contributed by atoms with Gasteiger partial charge in [0, 0.05) is 9.30 Å². The highest BCUT2D eigenvalue weighted by molar-refractivity contribution is 14.1. The predicted octanol–water partition coefficient (Wildman–Crippen LogP) is 5.55. The minimum Gasteiger partial charge on any atom is -0.387 e. The van der Waals surface area contributed by atoms with Gasteiger partial charge in [0.2, 0.25) is 0 Å². The molecule has 4 nitrogen and oxygen atoms in total. The SMILES string of the molecule is N#CC(C(O)c1cc(C(F)(F)F)nc(C(F)(F)F)c1)C(OCCI)c1cccs1. The van der Waals surface area contributed by atoms with Crippen molar-refractivity contribution < 1.29 is 36.2 Å². The van der Waals surface area contributed by atoms with Gasteiger partial charge in [0.05, 0.1) is 18.8 Å². The van der Waals surface area contributed by atoms with E-state index in [0.717, 1.165) is 0 Å². The zero-order valence-electron chi connectivity index (χ0n) is 14.3. The van der Waals surface area contributed by atoms with Gasteiger partial charge in [0.1, 0.15) is 23.4 Å². The molecule has 0 aliphatic heterocycles. The molecule has 12 heteroatoms. The molecule has 3 atom stereocenters. The van der Waals surface area contributed by atoms with Crippen LogP contribution in [0.4, 0.5) is 26.3 Å². The minimum atomic E-state index is -5.16. The topological polar surface area (TPSA) is 66.1 Å². The summed E-state index contributed by atoms with van der Waals surface area (Å²) < 4.78 is 84.3. The summed E-state index contributed by atoms with van der Waals surface area (Å²) in [6, 6.07) is 5.64. The lowest BCUT2D eigenvalue weighted by atomic mass is 9.90. The zero-order chi connectivity index (χ0) is 21.8. The first-order chi connectivity index (χ1) is 13.5. The summed E-state index contributed by atoms with van der Waals surface area (Å²) in [5, 5.41) is 21.8. The van der Waals surface area contributed by atoms with E-state index in [1.54, 1.807) is 23.6 Å². The number of halogens is 7. The lowest BCUT2D eigenvalue weighted by Crippen LogP contribution is -2.24. The van der Waals surface area contributed by atoms with E-state index in [2.05, 4.69) is 4.98 Å². The molecular weight excluding hydrogens is 537 g/mol. The third-order valence-corrected chi connectivity index (χ3v) is 5.16. The Hall–Kier alpha value is -1.43. The molecule has 3 unspecified atom stereocenters. The number of alkyl halides is 7. The number of nitriles is 1. The first kappa shape index (κ1) is 23.8. The fourth-order valence-electron chi connectivity index (χ4n) is 2.51. The van der Waals surface area contributed by atoms with Crippen molar-refractivity contribution in [2.24, 2.45) is 5.92 Å². The molecule has 29 heavy (non-hydrogen) atoms. The molecule has 0 saturated heterocycles. The fourth-order valence-corrected chi connectivity index (χ4v) is 3.59. The van der Waals surface area contributed by atoms with Crippen molar-refractivity contribution in [3.63, 3.8) is 0 Å². The third-order valence-electron chi connectivity index (χ3n) is 3.78. The average Bonchev–Trinajstić information content (AvgIpc) is 3.17. The molecule has 0 aliphatic rings. The van der Waals surface area contributed by atoms with Gasteiger partial charge in [-0.3, -0.25) is 0 Å². The number of hydrogen-bond acceptors (Lipinski definition) is 5. The Morgan fingerprint density at radius 3 is 2.17 bits per heavy atom. The summed E-state index contributed by atoms with van der Waals surface area (Å²) in [7, 11) is 0. The lowest BCUT2D eigenvalue weighted by Gasteiger charge is -2.26. The summed E-state index contributed by atoms with van der Waals surface area (Å²) in [5.74, 6) is -1.44. The van der Waals surface area contributed by atoms with E-state index >= 15 is 0 Å². The minimum absolute atomic E-state index is 0.173. The summed E-state index contributed by atoms with van der Waals surface area (Å²) in [4.78, 5) is 3.13. The van der Waals surface area contributed by atoms with E-state index in [0.29, 0.717) is 21.4 Å². The fraction of sp³-hybridized carbons (Fsp3) is 0.412. The van der Waals surface area contributed by atoms with Gasteiger partial charge in [-0.15, -0.1) is 11.3 Å². The number of thiophene rings is 1. The van der Waals surface area contributed by atoms with Crippen molar-refractivity contribution in [3.8, 4) is 6.07 Å². The Labute approximate surface area is 179 Å². The molecule has 2 aromatic heterocycles. The molecule has 2 rings (SSSR count). The quantitative estimate of drug-likeness (QED) is 0.279. The maximum Gasteiger partial charge on any atom is 0.433 e. The van der Waals surface area contributed by atoms with Gasteiger partial charge in [0.25, 0.3) is 0 Å². The van der Waals surface area contributed by atoms with Crippen LogP contribution in [0.15, 0.2) is 29.6 Å². The molecule has 0 aromatic carbocycles. The molecule has 0 radical (unpaired) electrons. The van der Waals surface area contributed by atoms with Crippen molar-refractivity contribution in [2.75, 3.05) is 11.0 Å². The zero-order valence-corrected chi connectivity index (χ0v) is 17.3. The normalized spacial score (nSPS) is 15.6. The lowest BCUT2D eigenvalue weighted by molar-refractivity contribution is -0.150. The Morgan fingerprint density at radius 1 is 1.17 bits per heavy atom. The summed E-state index contributed by atoms with van der Waals surface area (Å²) >= 11 is 3.19. The van der Waals surface area contributed by atoms with Crippen LogP contribution in [0.3, 0.4) is 0 Å². The van der Waals surface area contributed by atoms with Crippen LogP contribution >= 0.6 is 33.9 Å².